The van der Waals surface area contributed by atoms with Crippen LogP contribution in [0.25, 0.3) is 0 Å². The number of amides is 1. The van der Waals surface area contributed by atoms with Gasteiger partial charge in [0.25, 0.3) is 0 Å². The highest BCUT2D eigenvalue weighted by atomic mass is 16.5. The zero-order chi connectivity index (χ0) is 18.1. The number of nitrogens with one attached hydrogen (secondary N) is 1. The fourth-order valence-electron chi connectivity index (χ4n) is 2.18. The molecule has 24 heavy (non-hydrogen) atoms. The Morgan fingerprint density at radius 3 is 2.46 bits per heavy atom. The molecular formula is C18H30N2O4. The minimum atomic E-state index is -0.265. The second kappa shape index (κ2) is 10.2. The lowest BCUT2D eigenvalue weighted by Crippen LogP contribution is -2.33. The molecule has 0 saturated carbocycles. The topological polar surface area (TPSA) is 82.8 Å². The number of hydrogen-bond donors (Lipinski definition) is 2. The molecule has 6 heteroatoms. The summed E-state index contributed by atoms with van der Waals surface area (Å²) in [5.41, 5.74) is 6.49. The summed E-state index contributed by atoms with van der Waals surface area (Å²) in [5.74, 6) is 1.70. The summed E-state index contributed by atoms with van der Waals surface area (Å²) in [6, 6.07) is 5.54. The first-order valence-corrected chi connectivity index (χ1v) is 8.24. The maximum Gasteiger partial charge on any atom is 0.223 e. The van der Waals surface area contributed by atoms with Crippen molar-refractivity contribution in [2.24, 2.45) is 11.7 Å². The van der Waals surface area contributed by atoms with Gasteiger partial charge in [-0.15, -0.1) is 0 Å². The summed E-state index contributed by atoms with van der Waals surface area (Å²) in [4.78, 5) is 12.1. The molecule has 0 aliphatic rings. The Morgan fingerprint density at radius 2 is 1.92 bits per heavy atom. The van der Waals surface area contributed by atoms with Crippen molar-refractivity contribution in [2.45, 2.75) is 39.3 Å². The highest BCUT2D eigenvalue weighted by molar-refractivity contribution is 5.77. The van der Waals surface area contributed by atoms with Gasteiger partial charge in [-0.2, -0.15) is 0 Å². The van der Waals surface area contributed by atoms with Crippen molar-refractivity contribution in [1.82, 2.24) is 5.32 Å². The first-order valence-electron chi connectivity index (χ1n) is 8.24. The van der Waals surface area contributed by atoms with E-state index in [1.165, 1.54) is 0 Å². The quantitative estimate of drug-likeness (QED) is 0.684. The molecule has 1 rings (SSSR count). The highest BCUT2D eigenvalue weighted by Gasteiger charge is 2.16. The van der Waals surface area contributed by atoms with Crippen molar-refractivity contribution in [3.8, 4) is 11.5 Å². The van der Waals surface area contributed by atoms with Gasteiger partial charge in [-0.05, 0) is 30.5 Å². The van der Waals surface area contributed by atoms with Gasteiger partial charge in [0.1, 0.15) is 0 Å². The molecule has 0 aromatic heterocycles. The van der Waals surface area contributed by atoms with Crippen LogP contribution in [0.1, 0.15) is 38.8 Å². The third-order valence-corrected chi connectivity index (χ3v) is 3.65. The van der Waals surface area contributed by atoms with Gasteiger partial charge >= 0.3 is 0 Å². The third-order valence-electron chi connectivity index (χ3n) is 3.65. The molecule has 6 nitrogen and oxygen atoms in total. The van der Waals surface area contributed by atoms with Crippen molar-refractivity contribution in [3.05, 3.63) is 23.8 Å². The Kier molecular flexibility index (Phi) is 8.57. The number of carbonyl (C=O) groups excluding carboxylic acids is 1. The monoisotopic (exact) mass is 338 g/mol. The number of rotatable bonds is 10. The van der Waals surface area contributed by atoms with Gasteiger partial charge in [-0.3, -0.25) is 4.79 Å². The summed E-state index contributed by atoms with van der Waals surface area (Å²) in [6.45, 7) is 7.04. The van der Waals surface area contributed by atoms with Crippen LogP contribution in [0, 0.1) is 5.92 Å². The Labute approximate surface area is 144 Å². The number of methoxy groups -OCH3 is 2. The molecule has 0 aliphatic heterocycles. The molecular weight excluding hydrogens is 308 g/mol. The van der Waals surface area contributed by atoms with E-state index in [1.54, 1.807) is 14.2 Å². The maximum absolute atomic E-state index is 12.1. The number of benzene rings is 1. The van der Waals surface area contributed by atoms with Crippen LogP contribution in [0.2, 0.25) is 0 Å². The summed E-state index contributed by atoms with van der Waals surface area (Å²) in [7, 11) is 3.16. The molecule has 0 heterocycles. The van der Waals surface area contributed by atoms with Gasteiger partial charge in [0, 0.05) is 13.7 Å². The van der Waals surface area contributed by atoms with Gasteiger partial charge in [0.2, 0.25) is 5.91 Å². The molecule has 0 saturated heterocycles. The molecule has 0 spiro atoms. The van der Waals surface area contributed by atoms with Crippen molar-refractivity contribution in [3.63, 3.8) is 0 Å². The van der Waals surface area contributed by atoms with Gasteiger partial charge in [-0.1, -0.05) is 19.9 Å². The summed E-state index contributed by atoms with van der Waals surface area (Å²) >= 11 is 0. The van der Waals surface area contributed by atoms with Crippen LogP contribution in [0.15, 0.2) is 18.2 Å². The van der Waals surface area contributed by atoms with Crippen molar-refractivity contribution < 1.29 is 19.0 Å². The highest BCUT2D eigenvalue weighted by Crippen LogP contribution is 2.30. The van der Waals surface area contributed by atoms with Crippen LogP contribution in [0.4, 0.5) is 0 Å². The number of nitrogens with two attached hydrogens (primary N) is 1. The lowest BCUT2D eigenvalue weighted by Gasteiger charge is -2.19. The molecule has 2 unspecified atom stereocenters. The predicted molar refractivity (Wildman–Crippen MR) is 94.4 cm³/mol. The normalized spacial score (nSPS) is 13.5. The Balaban J connectivity index is 2.73. The van der Waals surface area contributed by atoms with Crippen LogP contribution in [0.5, 0.6) is 11.5 Å². The van der Waals surface area contributed by atoms with E-state index < -0.39 is 0 Å². The largest absolute Gasteiger partial charge is 0.493 e. The van der Waals surface area contributed by atoms with E-state index in [9.17, 15) is 4.79 Å². The SMILES string of the molecule is COc1cc(C(C)NC(=O)CC(CN)OC)ccc1OCC(C)C. The molecule has 0 bridgehead atoms. The van der Waals surface area contributed by atoms with Crippen LogP contribution >= 0.6 is 0 Å². The lowest BCUT2D eigenvalue weighted by atomic mass is 10.1. The first-order chi connectivity index (χ1) is 11.4. The standard InChI is InChI=1S/C18H30N2O4/c1-12(2)11-24-16-7-6-14(8-17(16)23-5)13(3)20-18(21)9-15(10-19)22-4/h6-8,12-13,15H,9-11,19H2,1-5H3,(H,20,21). The molecule has 136 valence electrons. The number of ether oxygens (including phenoxy) is 3. The molecule has 1 aromatic rings. The van der Waals surface area contributed by atoms with E-state index in [0.29, 0.717) is 30.6 Å². The van der Waals surface area contributed by atoms with E-state index in [4.69, 9.17) is 19.9 Å². The molecule has 0 fully saturated rings. The van der Waals surface area contributed by atoms with Crippen molar-refractivity contribution in [1.29, 1.82) is 0 Å². The van der Waals surface area contributed by atoms with E-state index >= 15 is 0 Å². The summed E-state index contributed by atoms with van der Waals surface area (Å²) < 4.78 is 16.3. The predicted octanol–water partition coefficient (Wildman–Crippen LogP) is 2.27. The molecule has 2 atom stereocenters. The van der Waals surface area contributed by atoms with Gasteiger partial charge in [0.05, 0.1) is 32.3 Å². The average Bonchev–Trinajstić information content (AvgIpc) is 2.57. The van der Waals surface area contributed by atoms with Crippen LogP contribution in [-0.2, 0) is 9.53 Å². The molecule has 0 radical (unpaired) electrons. The van der Waals surface area contributed by atoms with E-state index in [2.05, 4.69) is 19.2 Å². The Hall–Kier alpha value is -1.79. The zero-order valence-electron chi connectivity index (χ0n) is 15.3. The van der Waals surface area contributed by atoms with Crippen LogP contribution in [0.3, 0.4) is 0 Å². The molecule has 1 amide bonds. The van der Waals surface area contributed by atoms with Gasteiger partial charge < -0.3 is 25.3 Å². The smallest absolute Gasteiger partial charge is 0.223 e. The Morgan fingerprint density at radius 1 is 1.21 bits per heavy atom. The maximum atomic E-state index is 12.1. The molecule has 0 aliphatic carbocycles. The van der Waals surface area contributed by atoms with Crippen molar-refractivity contribution in [2.75, 3.05) is 27.4 Å². The van der Waals surface area contributed by atoms with Crippen molar-refractivity contribution >= 4 is 5.91 Å². The fourth-order valence-corrected chi connectivity index (χ4v) is 2.18. The first kappa shape index (κ1) is 20.3. The second-order valence-electron chi connectivity index (χ2n) is 6.20. The van der Waals surface area contributed by atoms with Crippen LogP contribution in [-0.4, -0.2) is 39.4 Å². The minimum absolute atomic E-state index is 0.0982. The average molecular weight is 338 g/mol. The summed E-state index contributed by atoms with van der Waals surface area (Å²) in [6.07, 6.45) is -0.0251. The van der Waals surface area contributed by atoms with Crippen LogP contribution < -0.4 is 20.5 Å². The molecule has 1 aromatic carbocycles. The number of carbonyl (C=O) groups is 1. The van der Waals surface area contributed by atoms with Gasteiger partial charge in [0.15, 0.2) is 11.5 Å². The zero-order valence-corrected chi connectivity index (χ0v) is 15.3. The Bertz CT molecular complexity index is 516. The minimum Gasteiger partial charge on any atom is -0.493 e. The van der Waals surface area contributed by atoms with E-state index in [1.807, 2.05) is 25.1 Å². The van der Waals surface area contributed by atoms with E-state index in [0.717, 1.165) is 5.56 Å². The van der Waals surface area contributed by atoms with Gasteiger partial charge in [-0.25, -0.2) is 0 Å². The molecule has 3 N–H and O–H groups in total. The second-order valence-corrected chi connectivity index (χ2v) is 6.20. The lowest BCUT2D eigenvalue weighted by molar-refractivity contribution is -0.124. The third kappa shape index (κ3) is 6.37. The fraction of sp³-hybridized carbons (Fsp3) is 0.611. The van der Waals surface area contributed by atoms with E-state index in [-0.39, 0.29) is 24.5 Å². The summed E-state index contributed by atoms with van der Waals surface area (Å²) in [5, 5.41) is 2.95. The number of hydrogen-bond acceptors (Lipinski definition) is 5.